The summed E-state index contributed by atoms with van der Waals surface area (Å²) in [6.45, 7) is 3.12. The van der Waals surface area contributed by atoms with E-state index >= 15 is 0 Å². The molecule has 4 nitrogen and oxygen atoms in total. The van der Waals surface area contributed by atoms with E-state index in [0.717, 1.165) is 6.42 Å². The molecule has 6 heteroatoms. The molecule has 0 spiro atoms. The highest BCUT2D eigenvalue weighted by Crippen LogP contribution is 2.28. The molecule has 3 rings (SSSR count). The van der Waals surface area contributed by atoms with Crippen LogP contribution >= 0.6 is 11.3 Å². The summed E-state index contributed by atoms with van der Waals surface area (Å²) in [6, 6.07) is 6.41. The molecule has 1 aliphatic rings. The number of hydrogen-bond donors (Lipinski definition) is 1. The number of aromatic nitrogens is 1. The van der Waals surface area contributed by atoms with E-state index in [0.29, 0.717) is 28.7 Å². The van der Waals surface area contributed by atoms with Crippen molar-refractivity contribution in [3.8, 4) is 10.6 Å². The zero-order valence-corrected chi connectivity index (χ0v) is 12.4. The quantitative estimate of drug-likeness (QED) is 0.948. The Morgan fingerprint density at radius 2 is 2.29 bits per heavy atom. The molecule has 1 saturated heterocycles. The molecule has 1 aromatic carbocycles. The number of carbonyl (C=O) groups is 1. The molecule has 1 aromatic heterocycles. The summed E-state index contributed by atoms with van der Waals surface area (Å²) in [6.07, 6.45) is 2.28. The van der Waals surface area contributed by atoms with Crippen molar-refractivity contribution in [2.45, 2.75) is 18.9 Å². The Bertz CT molecular complexity index is 665. The topological polar surface area (TPSA) is 51.2 Å². The largest absolute Gasteiger partial charge is 0.379 e. The summed E-state index contributed by atoms with van der Waals surface area (Å²) in [7, 11) is 0. The van der Waals surface area contributed by atoms with E-state index in [1.54, 1.807) is 18.2 Å². The van der Waals surface area contributed by atoms with Crippen molar-refractivity contribution in [1.29, 1.82) is 0 Å². The minimum atomic E-state index is -0.338. The Balaban J connectivity index is 1.79. The number of halogens is 1. The molecular weight excluding hydrogens is 291 g/mol. The molecule has 1 atom stereocenters. The third-order valence-electron chi connectivity index (χ3n) is 3.47. The summed E-state index contributed by atoms with van der Waals surface area (Å²) in [5, 5.41) is 3.47. The van der Waals surface area contributed by atoms with Gasteiger partial charge < -0.3 is 10.1 Å². The van der Waals surface area contributed by atoms with E-state index in [4.69, 9.17) is 4.74 Å². The maximum Gasteiger partial charge on any atom is 0.263 e. The molecule has 21 heavy (non-hydrogen) atoms. The highest BCUT2D eigenvalue weighted by atomic mass is 32.1. The number of amides is 1. The minimum Gasteiger partial charge on any atom is -0.379 e. The Hall–Kier alpha value is -1.79. The van der Waals surface area contributed by atoms with Crippen LogP contribution in [0.1, 0.15) is 23.0 Å². The van der Waals surface area contributed by atoms with Gasteiger partial charge in [-0.25, -0.2) is 9.37 Å². The van der Waals surface area contributed by atoms with Crippen LogP contribution in [-0.2, 0) is 4.74 Å². The van der Waals surface area contributed by atoms with E-state index in [1.165, 1.54) is 23.6 Å². The van der Waals surface area contributed by atoms with E-state index < -0.39 is 0 Å². The van der Waals surface area contributed by atoms with Gasteiger partial charge >= 0.3 is 0 Å². The predicted octanol–water partition coefficient (Wildman–Crippen LogP) is 2.86. The van der Waals surface area contributed by atoms with Crippen LogP contribution in [0.2, 0.25) is 0 Å². The lowest BCUT2D eigenvalue weighted by Gasteiger charge is -2.22. The molecule has 1 aliphatic heterocycles. The third kappa shape index (κ3) is 2.96. The summed E-state index contributed by atoms with van der Waals surface area (Å²) in [5.74, 6) is -0.530. The van der Waals surface area contributed by atoms with Gasteiger partial charge in [0.1, 0.15) is 15.7 Å². The first-order valence-corrected chi connectivity index (χ1v) is 7.50. The number of carbonyl (C=O) groups excluding carboxylic acids is 1. The highest BCUT2D eigenvalue weighted by molar-refractivity contribution is 7.16. The lowest BCUT2D eigenvalue weighted by molar-refractivity contribution is 0.0894. The lowest BCUT2D eigenvalue weighted by atomic mass is 10.0. The average Bonchev–Trinajstić information content (AvgIpc) is 3.08. The van der Waals surface area contributed by atoms with Crippen LogP contribution in [0.25, 0.3) is 10.6 Å². The maximum absolute atomic E-state index is 13.7. The van der Waals surface area contributed by atoms with E-state index in [2.05, 4.69) is 10.3 Å². The van der Waals surface area contributed by atoms with E-state index in [-0.39, 0.29) is 17.3 Å². The molecule has 0 saturated carbocycles. The second-order valence-electron chi connectivity index (χ2n) is 5.33. The Kier molecular flexibility index (Phi) is 3.73. The zero-order valence-electron chi connectivity index (χ0n) is 11.6. The first kappa shape index (κ1) is 14.2. The van der Waals surface area contributed by atoms with Crippen molar-refractivity contribution < 1.29 is 13.9 Å². The van der Waals surface area contributed by atoms with Gasteiger partial charge in [0.05, 0.1) is 18.3 Å². The second kappa shape index (κ2) is 5.54. The van der Waals surface area contributed by atoms with Gasteiger partial charge in [-0.3, -0.25) is 4.79 Å². The van der Waals surface area contributed by atoms with Gasteiger partial charge in [-0.1, -0.05) is 12.1 Å². The fourth-order valence-corrected chi connectivity index (χ4v) is 3.08. The molecule has 1 N–H and O–H groups in total. The molecule has 2 heterocycles. The van der Waals surface area contributed by atoms with Gasteiger partial charge in [-0.05, 0) is 25.5 Å². The smallest absolute Gasteiger partial charge is 0.263 e. The predicted molar refractivity (Wildman–Crippen MR) is 78.8 cm³/mol. The first-order valence-electron chi connectivity index (χ1n) is 6.68. The zero-order chi connectivity index (χ0) is 14.9. The number of thiazole rings is 1. The maximum atomic E-state index is 13.7. The molecule has 0 aliphatic carbocycles. The monoisotopic (exact) mass is 306 g/mol. The fraction of sp³-hybridized carbons (Fsp3) is 0.333. The van der Waals surface area contributed by atoms with Gasteiger partial charge in [0.25, 0.3) is 5.91 Å². The van der Waals surface area contributed by atoms with Crippen LogP contribution in [0.3, 0.4) is 0 Å². The lowest BCUT2D eigenvalue weighted by Crippen LogP contribution is -2.46. The van der Waals surface area contributed by atoms with Gasteiger partial charge in [0.15, 0.2) is 0 Å². The molecular formula is C15H15FN2O2S. The van der Waals surface area contributed by atoms with Crippen molar-refractivity contribution in [1.82, 2.24) is 10.3 Å². The molecule has 0 bridgehead atoms. The van der Waals surface area contributed by atoms with Crippen molar-refractivity contribution in [2.75, 3.05) is 13.2 Å². The summed E-state index contributed by atoms with van der Waals surface area (Å²) >= 11 is 1.19. The molecule has 2 aromatic rings. The number of nitrogens with zero attached hydrogens (tertiary/aromatic N) is 1. The highest BCUT2D eigenvalue weighted by Gasteiger charge is 2.32. The van der Waals surface area contributed by atoms with Crippen LogP contribution in [0.5, 0.6) is 0 Å². The molecule has 1 fully saturated rings. The summed E-state index contributed by atoms with van der Waals surface area (Å²) in [5.41, 5.74) is 0.0798. The molecule has 1 unspecified atom stereocenters. The Labute approximate surface area is 126 Å². The van der Waals surface area contributed by atoms with Crippen molar-refractivity contribution in [2.24, 2.45) is 0 Å². The van der Waals surface area contributed by atoms with Crippen molar-refractivity contribution in [3.05, 3.63) is 41.2 Å². The van der Waals surface area contributed by atoms with Crippen molar-refractivity contribution in [3.63, 3.8) is 0 Å². The number of ether oxygens (including phenoxy) is 1. The number of benzene rings is 1. The van der Waals surface area contributed by atoms with Crippen LogP contribution < -0.4 is 5.32 Å². The Morgan fingerprint density at radius 1 is 1.48 bits per heavy atom. The van der Waals surface area contributed by atoms with Gasteiger partial charge in [-0.2, -0.15) is 0 Å². The average molecular weight is 306 g/mol. The number of nitrogens with one attached hydrogen (secondary N) is 1. The van der Waals surface area contributed by atoms with Crippen LogP contribution in [0.4, 0.5) is 4.39 Å². The molecule has 1 amide bonds. The van der Waals surface area contributed by atoms with Gasteiger partial charge in [0, 0.05) is 12.2 Å². The normalized spacial score (nSPS) is 21.4. The Morgan fingerprint density at radius 3 is 3.00 bits per heavy atom. The van der Waals surface area contributed by atoms with Crippen LogP contribution in [-0.4, -0.2) is 29.6 Å². The third-order valence-corrected chi connectivity index (χ3v) is 4.50. The summed E-state index contributed by atoms with van der Waals surface area (Å²) in [4.78, 5) is 16.9. The number of hydrogen-bond acceptors (Lipinski definition) is 4. The summed E-state index contributed by atoms with van der Waals surface area (Å²) < 4.78 is 19.0. The second-order valence-corrected chi connectivity index (χ2v) is 6.36. The first-order chi connectivity index (χ1) is 10.1. The van der Waals surface area contributed by atoms with E-state index in [9.17, 15) is 9.18 Å². The standard InChI is InChI=1S/C15H15FN2O2S/c1-15(6-7-20-9-15)18-13(19)12-8-17-14(21-12)10-4-2-3-5-11(10)16/h2-5,8H,6-7,9H2,1H3,(H,18,19). The minimum absolute atomic E-state index is 0.192. The van der Waals surface area contributed by atoms with Crippen LogP contribution in [0.15, 0.2) is 30.5 Å². The van der Waals surface area contributed by atoms with E-state index in [1.807, 2.05) is 6.92 Å². The van der Waals surface area contributed by atoms with Gasteiger partial charge in [-0.15, -0.1) is 11.3 Å². The van der Waals surface area contributed by atoms with Crippen LogP contribution in [0, 0.1) is 5.82 Å². The molecule has 0 radical (unpaired) electrons. The SMILES string of the molecule is CC1(NC(=O)c2cnc(-c3ccccc3F)s2)CCOC1. The van der Waals surface area contributed by atoms with Crippen molar-refractivity contribution >= 4 is 17.2 Å². The number of rotatable bonds is 3. The fourth-order valence-electron chi connectivity index (χ4n) is 2.24. The van der Waals surface area contributed by atoms with Gasteiger partial charge in [0.2, 0.25) is 0 Å². The molecule has 110 valence electrons.